The van der Waals surface area contributed by atoms with Gasteiger partial charge in [0.25, 0.3) is 0 Å². The summed E-state index contributed by atoms with van der Waals surface area (Å²) in [5.74, 6) is 0.771. The molecule has 1 rings (SSSR count). The zero-order valence-electron chi connectivity index (χ0n) is 6.48. The molecule has 0 amide bonds. The van der Waals surface area contributed by atoms with Crippen molar-refractivity contribution < 1.29 is 0 Å². The van der Waals surface area contributed by atoms with E-state index in [0.29, 0.717) is 5.38 Å². The third-order valence-electron chi connectivity index (χ3n) is 2.44. The van der Waals surface area contributed by atoms with Crippen LogP contribution in [0.1, 0.15) is 38.5 Å². The van der Waals surface area contributed by atoms with Crippen molar-refractivity contribution in [2.75, 3.05) is 0 Å². The number of hydrogen-bond acceptors (Lipinski definition) is 0. The molecule has 0 nitrogen and oxygen atoms in total. The molecule has 1 saturated carbocycles. The second-order valence-electron chi connectivity index (χ2n) is 3.20. The molecule has 0 spiro atoms. The predicted octanol–water partition coefficient (Wildman–Crippen LogP) is 3.40. The summed E-state index contributed by atoms with van der Waals surface area (Å²) >= 11 is 6.08. The normalized spacial score (nSPS) is 24.6. The fourth-order valence-electron chi connectivity index (χ4n) is 1.73. The number of rotatable bonds is 2. The third-order valence-corrected chi connectivity index (χ3v) is 3.01. The minimum absolute atomic E-state index is 0.348. The lowest BCUT2D eigenvalue weighted by Crippen LogP contribution is -2.17. The summed E-state index contributed by atoms with van der Waals surface area (Å²) in [7, 11) is 0. The second-order valence-corrected chi connectivity index (χ2v) is 3.76. The summed E-state index contributed by atoms with van der Waals surface area (Å²) in [5.41, 5.74) is 0. The van der Waals surface area contributed by atoms with Crippen molar-refractivity contribution in [3.05, 3.63) is 6.92 Å². The van der Waals surface area contributed by atoms with Crippen molar-refractivity contribution in [2.45, 2.75) is 43.9 Å². The molecule has 59 valence electrons. The maximum atomic E-state index is 6.08. The Balaban J connectivity index is 2.24. The quantitative estimate of drug-likeness (QED) is 0.542. The van der Waals surface area contributed by atoms with Gasteiger partial charge in [0.05, 0.1) is 0 Å². The average Bonchev–Trinajstić information content (AvgIpc) is 2.05. The fraction of sp³-hybridized carbons (Fsp3) is 0.889. The van der Waals surface area contributed by atoms with Crippen molar-refractivity contribution >= 4 is 11.6 Å². The van der Waals surface area contributed by atoms with Gasteiger partial charge in [-0.05, 0) is 25.2 Å². The van der Waals surface area contributed by atoms with Crippen molar-refractivity contribution in [1.82, 2.24) is 0 Å². The average molecular weight is 160 g/mol. The first-order valence-electron chi connectivity index (χ1n) is 4.28. The molecule has 0 N–H and O–H groups in total. The van der Waals surface area contributed by atoms with Crippen molar-refractivity contribution in [1.29, 1.82) is 0 Å². The van der Waals surface area contributed by atoms with Gasteiger partial charge in [-0.1, -0.05) is 26.2 Å². The van der Waals surface area contributed by atoms with Gasteiger partial charge >= 0.3 is 0 Å². The summed E-state index contributed by atoms with van der Waals surface area (Å²) in [4.78, 5) is 0. The Morgan fingerprint density at radius 3 is 2.40 bits per heavy atom. The number of hydrogen-bond donors (Lipinski definition) is 0. The second kappa shape index (κ2) is 4.23. The van der Waals surface area contributed by atoms with Gasteiger partial charge in [0.2, 0.25) is 0 Å². The first-order valence-corrected chi connectivity index (χ1v) is 4.71. The largest absolute Gasteiger partial charge is 0.123 e. The Kier molecular flexibility index (Phi) is 3.55. The topological polar surface area (TPSA) is 0 Å². The lowest BCUT2D eigenvalue weighted by Gasteiger charge is -2.24. The van der Waals surface area contributed by atoms with Gasteiger partial charge in [0.15, 0.2) is 0 Å². The van der Waals surface area contributed by atoms with Gasteiger partial charge in [0, 0.05) is 5.38 Å². The smallest absolute Gasteiger partial charge is 0.0364 e. The first kappa shape index (κ1) is 8.39. The molecule has 0 aromatic carbocycles. The summed E-state index contributed by atoms with van der Waals surface area (Å²) < 4.78 is 0. The summed E-state index contributed by atoms with van der Waals surface area (Å²) in [5, 5.41) is 0.348. The van der Waals surface area contributed by atoms with Crippen LogP contribution in [-0.2, 0) is 0 Å². The van der Waals surface area contributed by atoms with Gasteiger partial charge in [-0.2, -0.15) is 0 Å². The van der Waals surface area contributed by atoms with Crippen molar-refractivity contribution in [3.8, 4) is 0 Å². The van der Waals surface area contributed by atoms with E-state index in [4.69, 9.17) is 11.6 Å². The highest BCUT2D eigenvalue weighted by Gasteiger charge is 2.19. The predicted molar refractivity (Wildman–Crippen MR) is 46.2 cm³/mol. The van der Waals surface area contributed by atoms with E-state index in [-0.39, 0.29) is 0 Å². The Hall–Kier alpha value is 0.290. The van der Waals surface area contributed by atoms with Crippen LogP contribution in [-0.4, -0.2) is 5.38 Å². The molecule has 1 atom stereocenters. The van der Waals surface area contributed by atoms with E-state index >= 15 is 0 Å². The van der Waals surface area contributed by atoms with Crippen LogP contribution in [0, 0.1) is 12.8 Å². The van der Waals surface area contributed by atoms with Gasteiger partial charge in [0.1, 0.15) is 0 Å². The minimum atomic E-state index is 0.348. The molecule has 1 fully saturated rings. The van der Waals surface area contributed by atoms with Crippen molar-refractivity contribution in [2.24, 2.45) is 5.92 Å². The maximum absolute atomic E-state index is 6.08. The molecule has 0 bridgehead atoms. The summed E-state index contributed by atoms with van der Waals surface area (Å²) in [6, 6.07) is 0. The van der Waals surface area contributed by atoms with Crippen LogP contribution >= 0.6 is 11.6 Å². The van der Waals surface area contributed by atoms with Gasteiger partial charge in [-0.15, -0.1) is 11.6 Å². The van der Waals surface area contributed by atoms with Gasteiger partial charge in [-0.3, -0.25) is 0 Å². The number of alkyl halides is 1. The minimum Gasteiger partial charge on any atom is -0.123 e. The molecule has 0 aliphatic heterocycles. The van der Waals surface area contributed by atoms with Gasteiger partial charge < -0.3 is 0 Å². The Morgan fingerprint density at radius 2 is 1.90 bits per heavy atom. The monoisotopic (exact) mass is 159 g/mol. The molecule has 0 heterocycles. The van der Waals surface area contributed by atoms with E-state index in [2.05, 4.69) is 6.92 Å². The van der Waals surface area contributed by atoms with E-state index < -0.39 is 0 Å². The zero-order chi connectivity index (χ0) is 7.40. The Morgan fingerprint density at radius 1 is 1.30 bits per heavy atom. The van der Waals surface area contributed by atoms with E-state index in [9.17, 15) is 0 Å². The summed E-state index contributed by atoms with van der Waals surface area (Å²) in [6.07, 6.45) is 7.75. The molecule has 1 radical (unpaired) electrons. The molecule has 1 aliphatic carbocycles. The molecule has 0 aromatic heterocycles. The van der Waals surface area contributed by atoms with Crippen LogP contribution in [0.3, 0.4) is 0 Å². The molecule has 0 aromatic rings. The zero-order valence-corrected chi connectivity index (χ0v) is 7.24. The van der Waals surface area contributed by atoms with E-state index in [0.717, 1.165) is 12.3 Å². The van der Waals surface area contributed by atoms with E-state index in [1.165, 1.54) is 32.1 Å². The highest BCUT2D eigenvalue weighted by molar-refractivity contribution is 6.20. The highest BCUT2D eigenvalue weighted by Crippen LogP contribution is 2.30. The van der Waals surface area contributed by atoms with Crippen LogP contribution in [0.15, 0.2) is 0 Å². The fourth-order valence-corrected chi connectivity index (χ4v) is 1.98. The standard InChI is InChI=1S/C9H16Cl/c1-2-9(10)8-6-4-3-5-7-8/h8-9H,1-7H2. The summed E-state index contributed by atoms with van der Waals surface area (Å²) in [6.45, 7) is 3.83. The molecular formula is C9H16Cl. The lowest BCUT2D eigenvalue weighted by molar-refractivity contribution is 0.345. The van der Waals surface area contributed by atoms with Crippen LogP contribution < -0.4 is 0 Å². The third kappa shape index (κ3) is 2.16. The molecule has 1 aliphatic rings. The van der Waals surface area contributed by atoms with Crippen LogP contribution in [0.4, 0.5) is 0 Å². The number of halogens is 1. The molecule has 10 heavy (non-hydrogen) atoms. The lowest BCUT2D eigenvalue weighted by atomic mass is 9.86. The van der Waals surface area contributed by atoms with Crippen LogP contribution in [0.5, 0.6) is 0 Å². The molecule has 1 unspecified atom stereocenters. The van der Waals surface area contributed by atoms with Crippen LogP contribution in [0.2, 0.25) is 0 Å². The van der Waals surface area contributed by atoms with Crippen molar-refractivity contribution in [3.63, 3.8) is 0 Å². The highest BCUT2D eigenvalue weighted by atomic mass is 35.5. The van der Waals surface area contributed by atoms with E-state index in [1.807, 2.05) is 0 Å². The molecular weight excluding hydrogens is 144 g/mol. The molecule has 0 saturated heterocycles. The maximum Gasteiger partial charge on any atom is 0.0364 e. The van der Waals surface area contributed by atoms with Gasteiger partial charge in [-0.25, -0.2) is 0 Å². The van der Waals surface area contributed by atoms with E-state index in [1.54, 1.807) is 0 Å². The molecule has 1 heteroatoms. The first-order chi connectivity index (χ1) is 4.84. The SMILES string of the molecule is [CH2]CC(Cl)C1CCCCC1. The Bertz CT molecular complexity index is 84.7. The van der Waals surface area contributed by atoms with Crippen LogP contribution in [0.25, 0.3) is 0 Å². The Labute approximate surface area is 69.0 Å².